The van der Waals surface area contributed by atoms with Gasteiger partial charge >= 0.3 is 0 Å². The molecule has 0 radical (unpaired) electrons. The van der Waals surface area contributed by atoms with Crippen LogP contribution in [0.4, 0.5) is 0 Å². The number of fused-ring (bicyclic) bond motifs is 3. The molecule has 1 fully saturated rings. The molecule has 8 heteroatoms. The van der Waals surface area contributed by atoms with Crippen LogP contribution < -0.4 is 0 Å². The second-order valence-corrected chi connectivity index (χ2v) is 9.35. The number of hydrogen-bond acceptors (Lipinski definition) is 6. The van der Waals surface area contributed by atoms with E-state index in [0.717, 1.165) is 47.3 Å². The first-order chi connectivity index (χ1) is 13.1. The minimum absolute atomic E-state index is 0.0280. The lowest BCUT2D eigenvalue weighted by Crippen LogP contribution is -2.52. The topological polar surface area (TPSA) is 74.3 Å². The molecular formula is C19H21N5OS2. The highest BCUT2D eigenvalue weighted by Gasteiger charge is 2.40. The molecule has 6 nitrogen and oxygen atoms in total. The first kappa shape index (κ1) is 18.3. The van der Waals surface area contributed by atoms with Crippen LogP contribution in [0.15, 0.2) is 29.4 Å². The molecule has 140 valence electrons. The predicted molar refractivity (Wildman–Crippen MR) is 108 cm³/mol. The van der Waals surface area contributed by atoms with Gasteiger partial charge in [-0.25, -0.2) is 0 Å². The molecule has 2 heterocycles. The van der Waals surface area contributed by atoms with E-state index in [1.54, 1.807) is 23.3 Å². The molecule has 3 aromatic rings. The Labute approximate surface area is 166 Å². The third kappa shape index (κ3) is 3.09. The normalized spacial score (nSPS) is 17.7. The van der Waals surface area contributed by atoms with Crippen LogP contribution in [-0.2, 0) is 4.79 Å². The van der Waals surface area contributed by atoms with Crippen LogP contribution in [0.5, 0.6) is 0 Å². The SMILES string of the molecule is CC(Sc1nnc2sc3ccccc3n12)C(=O)N(C)C1(C#N)CCCCC1. The number of nitrogens with zero attached hydrogens (tertiary/aromatic N) is 5. The number of rotatable bonds is 4. The molecule has 27 heavy (non-hydrogen) atoms. The van der Waals surface area contributed by atoms with Crippen LogP contribution >= 0.6 is 23.1 Å². The average molecular weight is 400 g/mol. The fourth-order valence-corrected chi connectivity index (χ4v) is 5.76. The Hall–Kier alpha value is -2.11. The van der Waals surface area contributed by atoms with Gasteiger partial charge in [0, 0.05) is 7.05 Å². The lowest BCUT2D eigenvalue weighted by molar-refractivity contribution is -0.133. The fourth-order valence-electron chi connectivity index (χ4n) is 3.78. The Kier molecular flexibility index (Phi) is 4.82. The van der Waals surface area contributed by atoms with E-state index in [4.69, 9.17) is 0 Å². The first-order valence-electron chi connectivity index (χ1n) is 9.14. The summed E-state index contributed by atoms with van der Waals surface area (Å²) in [4.78, 5) is 15.6. The van der Waals surface area contributed by atoms with Gasteiger partial charge in [-0.3, -0.25) is 9.20 Å². The second-order valence-electron chi connectivity index (χ2n) is 7.03. The van der Waals surface area contributed by atoms with Crippen LogP contribution in [-0.4, -0.2) is 43.2 Å². The fraction of sp³-hybridized carbons (Fsp3) is 0.474. The largest absolute Gasteiger partial charge is 0.326 e. The summed E-state index contributed by atoms with van der Waals surface area (Å²) >= 11 is 2.99. The lowest BCUT2D eigenvalue weighted by atomic mass is 9.81. The third-order valence-electron chi connectivity index (χ3n) is 5.40. The van der Waals surface area contributed by atoms with E-state index in [1.807, 2.05) is 29.5 Å². The quantitative estimate of drug-likeness (QED) is 0.617. The molecule has 1 atom stereocenters. The number of benzene rings is 1. The van der Waals surface area contributed by atoms with Gasteiger partial charge < -0.3 is 4.90 Å². The summed E-state index contributed by atoms with van der Waals surface area (Å²) in [6.07, 6.45) is 4.65. The number of para-hydroxylation sites is 1. The van der Waals surface area contributed by atoms with Gasteiger partial charge in [-0.2, -0.15) is 5.26 Å². The molecule has 1 saturated carbocycles. The molecule has 1 aliphatic rings. The molecule has 0 aliphatic heterocycles. The van der Waals surface area contributed by atoms with Crippen molar-refractivity contribution in [3.05, 3.63) is 24.3 Å². The number of amides is 1. The number of thiazole rings is 1. The van der Waals surface area contributed by atoms with E-state index in [9.17, 15) is 10.1 Å². The Balaban J connectivity index is 1.58. The van der Waals surface area contributed by atoms with Gasteiger partial charge in [0.15, 0.2) is 5.16 Å². The summed E-state index contributed by atoms with van der Waals surface area (Å²) in [5.41, 5.74) is 0.387. The number of nitriles is 1. The van der Waals surface area contributed by atoms with Crippen molar-refractivity contribution in [2.45, 2.75) is 55.0 Å². The standard InChI is InChI=1S/C19H21N5OS2/c1-13(16(25)23(2)19(12-20)10-6-3-7-11-19)26-17-21-22-18-24(17)14-8-4-5-9-15(14)27-18/h4-5,8-9,13H,3,6-7,10-11H2,1-2H3. The molecule has 1 amide bonds. The van der Waals surface area contributed by atoms with Crippen molar-refractivity contribution in [2.75, 3.05) is 7.05 Å². The lowest BCUT2D eigenvalue weighted by Gasteiger charge is -2.40. The van der Waals surface area contributed by atoms with Crippen LogP contribution in [0, 0.1) is 11.3 Å². The van der Waals surface area contributed by atoms with E-state index < -0.39 is 5.54 Å². The van der Waals surface area contributed by atoms with Gasteiger partial charge in [-0.15, -0.1) is 10.2 Å². The monoisotopic (exact) mass is 399 g/mol. The maximum absolute atomic E-state index is 13.1. The van der Waals surface area contributed by atoms with E-state index in [2.05, 4.69) is 22.3 Å². The van der Waals surface area contributed by atoms with Crippen LogP contribution in [0.25, 0.3) is 15.2 Å². The van der Waals surface area contributed by atoms with Gasteiger partial charge in [0.1, 0.15) is 5.54 Å². The van der Waals surface area contributed by atoms with Crippen molar-refractivity contribution in [1.29, 1.82) is 5.26 Å². The van der Waals surface area contributed by atoms with E-state index in [-0.39, 0.29) is 11.2 Å². The summed E-state index contributed by atoms with van der Waals surface area (Å²) in [5, 5.41) is 18.7. The number of aromatic nitrogens is 3. The average Bonchev–Trinajstić information content (AvgIpc) is 3.27. The van der Waals surface area contributed by atoms with Crippen LogP contribution in [0.2, 0.25) is 0 Å². The van der Waals surface area contributed by atoms with E-state index >= 15 is 0 Å². The van der Waals surface area contributed by atoms with Crippen molar-refractivity contribution in [3.63, 3.8) is 0 Å². The summed E-state index contributed by atoms with van der Waals surface area (Å²) in [5.74, 6) is -0.0280. The molecule has 1 unspecified atom stereocenters. The molecule has 0 bridgehead atoms. The van der Waals surface area contributed by atoms with Crippen molar-refractivity contribution in [2.24, 2.45) is 0 Å². The van der Waals surface area contributed by atoms with Gasteiger partial charge in [-0.1, -0.05) is 54.5 Å². The summed E-state index contributed by atoms with van der Waals surface area (Å²) in [7, 11) is 1.77. The number of thioether (sulfide) groups is 1. The minimum Gasteiger partial charge on any atom is -0.326 e. The van der Waals surface area contributed by atoms with Crippen molar-refractivity contribution >= 4 is 44.2 Å². The molecule has 4 rings (SSSR count). The predicted octanol–water partition coefficient (Wildman–Crippen LogP) is 4.11. The Morgan fingerprint density at radius 1 is 1.33 bits per heavy atom. The smallest absolute Gasteiger partial charge is 0.236 e. The van der Waals surface area contributed by atoms with E-state index in [0.29, 0.717) is 5.16 Å². The van der Waals surface area contributed by atoms with Crippen LogP contribution in [0.1, 0.15) is 39.0 Å². The molecule has 2 aromatic heterocycles. The minimum atomic E-state index is -0.667. The first-order valence-corrected chi connectivity index (χ1v) is 10.8. The Morgan fingerprint density at radius 3 is 2.81 bits per heavy atom. The molecular weight excluding hydrogens is 378 g/mol. The van der Waals surface area contributed by atoms with Gasteiger partial charge in [0.25, 0.3) is 0 Å². The second kappa shape index (κ2) is 7.13. The highest BCUT2D eigenvalue weighted by atomic mass is 32.2. The summed E-state index contributed by atoms with van der Waals surface area (Å²) in [6.45, 7) is 1.88. The molecule has 0 saturated heterocycles. The molecule has 0 N–H and O–H groups in total. The molecule has 1 aliphatic carbocycles. The van der Waals surface area contributed by atoms with Gasteiger partial charge in [0.05, 0.1) is 21.5 Å². The van der Waals surface area contributed by atoms with Gasteiger partial charge in [-0.05, 0) is 31.9 Å². The van der Waals surface area contributed by atoms with E-state index in [1.165, 1.54) is 11.8 Å². The maximum Gasteiger partial charge on any atom is 0.236 e. The summed E-state index contributed by atoms with van der Waals surface area (Å²) in [6, 6.07) is 10.5. The third-order valence-corrected chi connectivity index (χ3v) is 7.44. The Bertz CT molecular complexity index is 1030. The van der Waals surface area contributed by atoms with Crippen molar-refractivity contribution in [1.82, 2.24) is 19.5 Å². The zero-order valence-corrected chi connectivity index (χ0v) is 17.0. The summed E-state index contributed by atoms with van der Waals surface area (Å²) < 4.78 is 3.15. The van der Waals surface area contributed by atoms with Gasteiger partial charge in [0.2, 0.25) is 10.9 Å². The number of hydrogen-bond donors (Lipinski definition) is 0. The zero-order valence-electron chi connectivity index (χ0n) is 15.4. The zero-order chi connectivity index (χ0) is 19.0. The number of carbonyl (C=O) groups is 1. The molecule has 1 aromatic carbocycles. The van der Waals surface area contributed by atoms with Crippen LogP contribution in [0.3, 0.4) is 0 Å². The van der Waals surface area contributed by atoms with Crippen molar-refractivity contribution in [3.8, 4) is 6.07 Å². The Morgan fingerprint density at radius 2 is 2.07 bits per heavy atom. The van der Waals surface area contributed by atoms with Crippen molar-refractivity contribution < 1.29 is 4.79 Å². The number of carbonyl (C=O) groups excluding carboxylic acids is 1. The molecule has 0 spiro atoms. The highest BCUT2D eigenvalue weighted by molar-refractivity contribution is 8.00. The highest BCUT2D eigenvalue weighted by Crippen LogP contribution is 2.35. The maximum atomic E-state index is 13.1.